The minimum atomic E-state index is -0.327. The average molecular weight is 234 g/mol. The first-order chi connectivity index (χ1) is 8.15. The van der Waals surface area contributed by atoms with E-state index in [9.17, 15) is 9.90 Å². The van der Waals surface area contributed by atoms with Crippen molar-refractivity contribution in [3.63, 3.8) is 0 Å². The van der Waals surface area contributed by atoms with Crippen LogP contribution < -0.4 is 5.32 Å². The van der Waals surface area contributed by atoms with Gasteiger partial charge in [0, 0.05) is 18.0 Å². The Morgan fingerprint density at radius 1 is 1.59 bits per heavy atom. The zero-order valence-corrected chi connectivity index (χ0v) is 9.55. The van der Waals surface area contributed by atoms with E-state index >= 15 is 0 Å². The molecule has 0 saturated carbocycles. The highest BCUT2D eigenvalue weighted by Crippen LogP contribution is 2.17. The first-order valence-electron chi connectivity index (χ1n) is 5.24. The summed E-state index contributed by atoms with van der Waals surface area (Å²) >= 11 is 0. The van der Waals surface area contributed by atoms with Crippen LogP contribution in [0.2, 0.25) is 0 Å². The first-order valence-corrected chi connectivity index (χ1v) is 5.24. The molecular formula is C11H14N4O2. The molecule has 1 amide bonds. The molecule has 0 heterocycles. The molecule has 1 rings (SSSR count). The predicted octanol–water partition coefficient (Wildman–Crippen LogP) is 2.13. The van der Waals surface area contributed by atoms with Gasteiger partial charge in [-0.15, -0.1) is 0 Å². The highest BCUT2D eigenvalue weighted by Gasteiger charge is 2.09. The molecule has 0 aliphatic rings. The Kier molecular flexibility index (Phi) is 4.84. The highest BCUT2D eigenvalue weighted by atomic mass is 16.3. The van der Waals surface area contributed by atoms with Crippen molar-refractivity contribution < 1.29 is 9.90 Å². The molecule has 0 aromatic heterocycles. The van der Waals surface area contributed by atoms with Gasteiger partial charge < -0.3 is 10.4 Å². The lowest BCUT2D eigenvalue weighted by Crippen LogP contribution is -2.25. The Balaban J connectivity index is 2.52. The van der Waals surface area contributed by atoms with E-state index in [2.05, 4.69) is 15.3 Å². The maximum absolute atomic E-state index is 11.7. The molecule has 0 spiro atoms. The van der Waals surface area contributed by atoms with E-state index in [0.717, 1.165) is 5.56 Å². The SMILES string of the molecule is Cc1ccc(O)c(C(=O)NCCCN=[N+]=[N-])c1. The molecule has 0 aliphatic heterocycles. The smallest absolute Gasteiger partial charge is 0.255 e. The zero-order chi connectivity index (χ0) is 12.7. The summed E-state index contributed by atoms with van der Waals surface area (Å²) in [5, 5.41) is 15.5. The molecule has 0 bridgehead atoms. The van der Waals surface area contributed by atoms with Crippen LogP contribution in [0.15, 0.2) is 23.3 Å². The summed E-state index contributed by atoms with van der Waals surface area (Å²) in [7, 11) is 0. The van der Waals surface area contributed by atoms with E-state index in [-0.39, 0.29) is 17.2 Å². The van der Waals surface area contributed by atoms with Crippen molar-refractivity contribution in [1.29, 1.82) is 0 Å². The number of carbonyl (C=O) groups is 1. The van der Waals surface area contributed by atoms with E-state index < -0.39 is 0 Å². The van der Waals surface area contributed by atoms with Gasteiger partial charge in [0.15, 0.2) is 0 Å². The Hall–Kier alpha value is -2.20. The van der Waals surface area contributed by atoms with Crippen LogP contribution in [-0.2, 0) is 0 Å². The van der Waals surface area contributed by atoms with Crippen LogP contribution in [-0.4, -0.2) is 24.1 Å². The van der Waals surface area contributed by atoms with Gasteiger partial charge in [0.2, 0.25) is 0 Å². The van der Waals surface area contributed by atoms with E-state index in [0.29, 0.717) is 19.5 Å². The fraction of sp³-hybridized carbons (Fsp3) is 0.364. The van der Waals surface area contributed by atoms with Crippen molar-refractivity contribution in [2.45, 2.75) is 13.3 Å². The Bertz CT molecular complexity index is 453. The van der Waals surface area contributed by atoms with Crippen molar-refractivity contribution in [2.75, 3.05) is 13.1 Å². The van der Waals surface area contributed by atoms with E-state index in [1.165, 1.54) is 6.07 Å². The monoisotopic (exact) mass is 234 g/mol. The molecule has 0 unspecified atom stereocenters. The molecule has 0 fully saturated rings. The van der Waals surface area contributed by atoms with Crippen LogP contribution in [0.3, 0.4) is 0 Å². The third-order valence-electron chi connectivity index (χ3n) is 2.18. The van der Waals surface area contributed by atoms with Crippen molar-refractivity contribution >= 4 is 5.91 Å². The second kappa shape index (κ2) is 6.40. The molecule has 0 aliphatic carbocycles. The maximum Gasteiger partial charge on any atom is 0.255 e. The molecule has 90 valence electrons. The van der Waals surface area contributed by atoms with Crippen LogP contribution in [0.5, 0.6) is 5.75 Å². The van der Waals surface area contributed by atoms with Gasteiger partial charge >= 0.3 is 0 Å². The van der Waals surface area contributed by atoms with Gasteiger partial charge in [-0.2, -0.15) is 0 Å². The standard InChI is InChI=1S/C11H14N4O2/c1-8-3-4-10(16)9(7-8)11(17)13-5-2-6-14-15-12/h3-4,7,16H,2,5-6H2,1H3,(H,13,17). The number of hydrogen-bond donors (Lipinski definition) is 2. The maximum atomic E-state index is 11.7. The lowest BCUT2D eigenvalue weighted by Gasteiger charge is -2.06. The summed E-state index contributed by atoms with van der Waals surface area (Å²) in [6.07, 6.45) is 0.572. The molecule has 17 heavy (non-hydrogen) atoms. The quantitative estimate of drug-likeness (QED) is 0.353. The van der Waals surface area contributed by atoms with Crippen LogP contribution in [0.4, 0.5) is 0 Å². The van der Waals surface area contributed by atoms with Crippen molar-refractivity contribution in [3.8, 4) is 5.75 Å². The number of hydrogen-bond acceptors (Lipinski definition) is 3. The molecular weight excluding hydrogens is 220 g/mol. The zero-order valence-electron chi connectivity index (χ0n) is 9.55. The van der Waals surface area contributed by atoms with Crippen LogP contribution in [0, 0.1) is 6.92 Å². The predicted molar refractivity (Wildman–Crippen MR) is 63.8 cm³/mol. The van der Waals surface area contributed by atoms with Crippen molar-refractivity contribution in [2.24, 2.45) is 5.11 Å². The minimum Gasteiger partial charge on any atom is -0.507 e. The van der Waals surface area contributed by atoms with E-state index in [1.807, 2.05) is 6.92 Å². The van der Waals surface area contributed by atoms with Crippen molar-refractivity contribution in [3.05, 3.63) is 39.8 Å². The summed E-state index contributed by atoms with van der Waals surface area (Å²) in [4.78, 5) is 14.3. The van der Waals surface area contributed by atoms with Gasteiger partial charge in [-0.25, -0.2) is 0 Å². The van der Waals surface area contributed by atoms with Crippen LogP contribution >= 0.6 is 0 Å². The van der Waals surface area contributed by atoms with Crippen LogP contribution in [0.1, 0.15) is 22.3 Å². The number of aryl methyl sites for hydroxylation is 1. The molecule has 0 atom stereocenters. The Morgan fingerprint density at radius 2 is 2.35 bits per heavy atom. The number of phenols is 1. The lowest BCUT2D eigenvalue weighted by atomic mass is 10.1. The molecule has 6 nitrogen and oxygen atoms in total. The molecule has 0 radical (unpaired) electrons. The molecule has 2 N–H and O–H groups in total. The number of phenolic OH excluding ortho intramolecular Hbond substituents is 1. The first kappa shape index (κ1) is 12.9. The third-order valence-corrected chi connectivity index (χ3v) is 2.18. The topological polar surface area (TPSA) is 98.1 Å². The summed E-state index contributed by atoms with van der Waals surface area (Å²) in [5.74, 6) is -0.365. The number of nitrogens with zero attached hydrogens (tertiary/aromatic N) is 3. The number of rotatable bonds is 5. The van der Waals surface area contributed by atoms with E-state index in [1.54, 1.807) is 12.1 Å². The fourth-order valence-corrected chi connectivity index (χ4v) is 1.32. The number of carbonyl (C=O) groups excluding carboxylic acids is 1. The van der Waals surface area contributed by atoms with Crippen molar-refractivity contribution in [1.82, 2.24) is 5.32 Å². The Morgan fingerprint density at radius 3 is 3.06 bits per heavy atom. The average Bonchev–Trinajstić information content (AvgIpc) is 2.32. The van der Waals surface area contributed by atoms with E-state index in [4.69, 9.17) is 5.53 Å². The van der Waals surface area contributed by atoms with Gasteiger partial charge in [0.25, 0.3) is 5.91 Å². The molecule has 1 aromatic carbocycles. The molecule has 1 aromatic rings. The minimum absolute atomic E-state index is 0.0388. The second-order valence-corrected chi connectivity index (χ2v) is 3.58. The third kappa shape index (κ3) is 4.04. The largest absolute Gasteiger partial charge is 0.507 e. The van der Waals surface area contributed by atoms with Gasteiger partial charge in [-0.1, -0.05) is 16.7 Å². The lowest BCUT2D eigenvalue weighted by molar-refractivity contribution is 0.0950. The number of aromatic hydroxyl groups is 1. The highest BCUT2D eigenvalue weighted by molar-refractivity contribution is 5.96. The van der Waals surface area contributed by atoms with Gasteiger partial charge in [0.1, 0.15) is 5.75 Å². The molecule has 6 heteroatoms. The second-order valence-electron chi connectivity index (χ2n) is 3.58. The number of azide groups is 1. The van der Waals surface area contributed by atoms with Gasteiger partial charge in [-0.05, 0) is 31.0 Å². The summed E-state index contributed by atoms with van der Waals surface area (Å²) in [6, 6.07) is 4.84. The van der Waals surface area contributed by atoms with Gasteiger partial charge in [-0.3, -0.25) is 4.79 Å². The van der Waals surface area contributed by atoms with Gasteiger partial charge in [0.05, 0.1) is 5.56 Å². The summed E-state index contributed by atoms with van der Waals surface area (Å²) in [5.41, 5.74) is 9.22. The summed E-state index contributed by atoms with van der Waals surface area (Å²) < 4.78 is 0. The number of nitrogens with one attached hydrogen (secondary N) is 1. The fourth-order valence-electron chi connectivity index (χ4n) is 1.32. The normalized spacial score (nSPS) is 9.47. The summed E-state index contributed by atoms with van der Waals surface area (Å²) in [6.45, 7) is 2.60. The Labute approximate surface area is 98.9 Å². The number of amides is 1. The number of benzene rings is 1. The molecule has 0 saturated heterocycles. The van der Waals surface area contributed by atoms with Crippen LogP contribution in [0.25, 0.3) is 10.4 Å².